The van der Waals surface area contributed by atoms with E-state index in [-0.39, 0.29) is 11.7 Å². The van der Waals surface area contributed by atoms with Gasteiger partial charge >= 0.3 is 0 Å². The lowest BCUT2D eigenvalue weighted by atomic mass is 10.1. The van der Waals surface area contributed by atoms with Crippen LogP contribution in [0.4, 0.5) is 5.13 Å². The number of hydrogen-bond donors (Lipinski definition) is 1. The number of nitrogens with zero attached hydrogens (tertiary/aromatic N) is 4. The van der Waals surface area contributed by atoms with Crippen LogP contribution >= 0.6 is 23.1 Å². The molecule has 0 unspecified atom stereocenters. The highest BCUT2D eigenvalue weighted by atomic mass is 32.2. The van der Waals surface area contributed by atoms with Crippen LogP contribution in [-0.2, 0) is 4.79 Å². The maximum absolute atomic E-state index is 12.3. The third-order valence-electron chi connectivity index (χ3n) is 4.43. The highest BCUT2D eigenvalue weighted by Crippen LogP contribution is 2.30. The summed E-state index contributed by atoms with van der Waals surface area (Å²) < 4.78 is 11.9. The molecule has 0 radical (unpaired) electrons. The van der Waals surface area contributed by atoms with Gasteiger partial charge in [0.25, 0.3) is 5.22 Å². The Morgan fingerprint density at radius 3 is 2.97 bits per heavy atom. The lowest BCUT2D eigenvalue weighted by molar-refractivity contribution is -0.113. The zero-order valence-electron chi connectivity index (χ0n) is 16.2. The van der Waals surface area contributed by atoms with Crippen molar-refractivity contribution >= 4 is 55.3 Å². The van der Waals surface area contributed by atoms with Crippen LogP contribution in [0.2, 0.25) is 0 Å². The number of nitrogens with one attached hydrogen (secondary N) is 1. The van der Waals surface area contributed by atoms with Crippen molar-refractivity contribution in [1.82, 2.24) is 20.2 Å². The zero-order valence-corrected chi connectivity index (χ0v) is 17.9. The molecule has 3 aromatic heterocycles. The van der Waals surface area contributed by atoms with Crippen LogP contribution in [0.25, 0.3) is 32.6 Å². The Labute approximate surface area is 184 Å². The Morgan fingerprint density at radius 1 is 1.16 bits per heavy atom. The first-order valence-electron chi connectivity index (χ1n) is 9.24. The molecule has 2 aromatic carbocycles. The number of amides is 1. The van der Waals surface area contributed by atoms with Crippen LogP contribution in [0.15, 0.2) is 64.4 Å². The molecule has 3 heterocycles. The van der Waals surface area contributed by atoms with Crippen molar-refractivity contribution in [3.8, 4) is 17.2 Å². The molecule has 10 heteroatoms. The molecule has 1 amide bonds. The number of ether oxygens (including phenoxy) is 1. The van der Waals surface area contributed by atoms with Gasteiger partial charge in [-0.3, -0.25) is 9.78 Å². The van der Waals surface area contributed by atoms with Gasteiger partial charge in [-0.25, -0.2) is 4.98 Å². The first kappa shape index (κ1) is 19.5. The molecule has 0 aliphatic heterocycles. The number of aromatic nitrogens is 4. The standard InChI is InChI=1S/C21H15N5O3S2/c1-28-14-5-7-16-17(10-14)31-20(23-16)24-18(27)11-30-21-26-25-19(29-21)13-4-6-15-12(9-13)3-2-8-22-15/h2-10H,11H2,1H3,(H,23,24,27). The van der Waals surface area contributed by atoms with Gasteiger partial charge in [-0.2, -0.15) is 0 Å². The molecular weight excluding hydrogens is 434 g/mol. The van der Waals surface area contributed by atoms with E-state index in [2.05, 4.69) is 25.5 Å². The van der Waals surface area contributed by atoms with Gasteiger partial charge < -0.3 is 14.5 Å². The van der Waals surface area contributed by atoms with Gasteiger partial charge in [0.15, 0.2) is 5.13 Å². The van der Waals surface area contributed by atoms with Crippen molar-refractivity contribution in [3.05, 3.63) is 54.7 Å². The third kappa shape index (κ3) is 4.21. The number of thioether (sulfide) groups is 1. The van der Waals surface area contributed by atoms with Gasteiger partial charge in [-0.05, 0) is 42.5 Å². The van der Waals surface area contributed by atoms with Gasteiger partial charge in [0.05, 0.1) is 28.6 Å². The van der Waals surface area contributed by atoms with Crippen LogP contribution in [0.3, 0.4) is 0 Å². The second-order valence-corrected chi connectivity index (χ2v) is 8.43. The van der Waals surface area contributed by atoms with E-state index in [9.17, 15) is 4.79 Å². The Morgan fingerprint density at radius 2 is 2.06 bits per heavy atom. The van der Waals surface area contributed by atoms with Gasteiger partial charge in [0.1, 0.15) is 5.75 Å². The second kappa shape index (κ2) is 8.32. The van der Waals surface area contributed by atoms with Crippen LogP contribution in [0, 0.1) is 0 Å². The molecule has 31 heavy (non-hydrogen) atoms. The Hall–Kier alpha value is -3.50. The van der Waals surface area contributed by atoms with Gasteiger partial charge in [0.2, 0.25) is 11.8 Å². The molecule has 5 rings (SSSR count). The van der Waals surface area contributed by atoms with Gasteiger partial charge in [-0.1, -0.05) is 29.2 Å². The zero-order chi connectivity index (χ0) is 21.2. The first-order valence-corrected chi connectivity index (χ1v) is 11.0. The van der Waals surface area contributed by atoms with Gasteiger partial charge in [0, 0.05) is 17.1 Å². The molecule has 0 fully saturated rings. The molecule has 5 aromatic rings. The molecule has 0 bridgehead atoms. The van der Waals surface area contributed by atoms with E-state index in [1.54, 1.807) is 13.3 Å². The summed E-state index contributed by atoms with van der Waals surface area (Å²) in [5.74, 6) is 1.07. The summed E-state index contributed by atoms with van der Waals surface area (Å²) in [6.07, 6.45) is 1.75. The van der Waals surface area contributed by atoms with E-state index in [4.69, 9.17) is 9.15 Å². The molecule has 154 valence electrons. The molecule has 1 N–H and O–H groups in total. The quantitative estimate of drug-likeness (QED) is 0.374. The fourth-order valence-corrected chi connectivity index (χ4v) is 4.44. The predicted molar refractivity (Wildman–Crippen MR) is 121 cm³/mol. The van der Waals surface area contributed by atoms with Crippen LogP contribution < -0.4 is 10.1 Å². The second-order valence-electron chi connectivity index (χ2n) is 6.47. The minimum atomic E-state index is -0.201. The molecule has 8 nitrogen and oxygen atoms in total. The average Bonchev–Trinajstić information content (AvgIpc) is 3.43. The fourth-order valence-electron chi connectivity index (χ4n) is 2.96. The number of pyridine rings is 1. The number of methoxy groups -OCH3 is 1. The average molecular weight is 450 g/mol. The molecule has 0 spiro atoms. The van der Waals surface area contributed by atoms with Crippen LogP contribution in [-0.4, -0.2) is 38.9 Å². The predicted octanol–water partition coefficient (Wildman–Crippen LogP) is 4.63. The number of thiazole rings is 1. The van der Waals surface area contributed by atoms with E-state index in [0.717, 1.165) is 32.4 Å². The minimum Gasteiger partial charge on any atom is -0.497 e. The summed E-state index contributed by atoms with van der Waals surface area (Å²) in [4.78, 5) is 21.0. The summed E-state index contributed by atoms with van der Waals surface area (Å²) in [7, 11) is 1.61. The van der Waals surface area contributed by atoms with Crippen molar-refractivity contribution in [2.75, 3.05) is 18.2 Å². The summed E-state index contributed by atoms with van der Waals surface area (Å²) in [6.45, 7) is 0. The smallest absolute Gasteiger partial charge is 0.277 e. The lowest BCUT2D eigenvalue weighted by Crippen LogP contribution is -2.13. The van der Waals surface area contributed by atoms with E-state index < -0.39 is 0 Å². The number of fused-ring (bicyclic) bond motifs is 2. The topological polar surface area (TPSA) is 103 Å². The maximum Gasteiger partial charge on any atom is 0.277 e. The molecular formula is C21H15N5O3S2. The SMILES string of the molecule is COc1ccc2nc(NC(=O)CSc3nnc(-c4ccc5ncccc5c4)o3)sc2c1. The number of hydrogen-bond acceptors (Lipinski definition) is 9. The largest absolute Gasteiger partial charge is 0.497 e. The Balaban J connectivity index is 1.23. The van der Waals surface area contributed by atoms with Crippen molar-refractivity contribution in [3.63, 3.8) is 0 Å². The van der Waals surface area contributed by atoms with E-state index in [1.165, 1.54) is 23.1 Å². The molecule has 0 aliphatic carbocycles. The monoisotopic (exact) mass is 449 g/mol. The van der Waals surface area contributed by atoms with Crippen molar-refractivity contribution in [2.45, 2.75) is 5.22 Å². The van der Waals surface area contributed by atoms with Gasteiger partial charge in [-0.15, -0.1) is 10.2 Å². The van der Waals surface area contributed by atoms with E-state index >= 15 is 0 Å². The molecule has 0 saturated carbocycles. The maximum atomic E-state index is 12.3. The molecule has 0 atom stereocenters. The van der Waals surface area contributed by atoms with Crippen molar-refractivity contribution in [1.29, 1.82) is 0 Å². The van der Waals surface area contributed by atoms with Crippen LogP contribution in [0.5, 0.6) is 5.75 Å². The lowest BCUT2D eigenvalue weighted by Gasteiger charge is -1.99. The van der Waals surface area contributed by atoms with Crippen LogP contribution in [0.1, 0.15) is 0 Å². The minimum absolute atomic E-state index is 0.128. The van der Waals surface area contributed by atoms with E-state index in [0.29, 0.717) is 16.2 Å². The molecule has 0 aliphatic rings. The number of carbonyl (C=O) groups is 1. The summed E-state index contributed by atoms with van der Waals surface area (Å²) >= 11 is 2.56. The Kier molecular flexibility index (Phi) is 5.23. The summed E-state index contributed by atoms with van der Waals surface area (Å²) in [5.41, 5.74) is 2.50. The normalized spacial score (nSPS) is 11.1. The highest BCUT2D eigenvalue weighted by Gasteiger charge is 2.13. The number of carbonyl (C=O) groups excluding carboxylic acids is 1. The molecule has 0 saturated heterocycles. The summed E-state index contributed by atoms with van der Waals surface area (Å²) in [5, 5.41) is 12.8. The first-order chi connectivity index (χ1) is 15.2. The number of benzene rings is 2. The Bertz CT molecular complexity index is 1400. The number of anilines is 1. The fraction of sp³-hybridized carbons (Fsp3) is 0.0952. The van der Waals surface area contributed by atoms with Crippen molar-refractivity contribution < 1.29 is 13.9 Å². The third-order valence-corrected chi connectivity index (χ3v) is 6.18. The highest BCUT2D eigenvalue weighted by molar-refractivity contribution is 7.99. The van der Waals surface area contributed by atoms with Crippen molar-refractivity contribution in [2.24, 2.45) is 0 Å². The number of rotatable bonds is 6. The summed E-state index contributed by atoms with van der Waals surface area (Å²) in [6, 6.07) is 15.2. The van der Waals surface area contributed by atoms with E-state index in [1.807, 2.05) is 48.5 Å².